The highest BCUT2D eigenvalue weighted by Gasteiger charge is 2.52. The van der Waals surface area contributed by atoms with Crippen molar-refractivity contribution >= 4 is 0 Å². The zero-order chi connectivity index (χ0) is 11.0. The first kappa shape index (κ1) is 12.0. The van der Waals surface area contributed by atoms with Gasteiger partial charge in [0.25, 0.3) is 0 Å². The predicted octanol–water partition coefficient (Wildman–Crippen LogP) is 4.02. The summed E-state index contributed by atoms with van der Waals surface area (Å²) in [5, 5.41) is 0. The van der Waals surface area contributed by atoms with E-state index in [4.69, 9.17) is 4.74 Å². The van der Waals surface area contributed by atoms with E-state index >= 15 is 0 Å². The van der Waals surface area contributed by atoms with Crippen molar-refractivity contribution in [2.75, 3.05) is 6.61 Å². The van der Waals surface area contributed by atoms with Gasteiger partial charge >= 0.3 is 0 Å². The average Bonchev–Trinajstić information content (AvgIpc) is 2.02. The minimum absolute atomic E-state index is 0.0538. The van der Waals surface area contributed by atoms with Gasteiger partial charge in [-0.05, 0) is 30.1 Å². The molecule has 0 saturated carbocycles. The lowest BCUT2D eigenvalue weighted by Crippen LogP contribution is -2.56. The Morgan fingerprint density at radius 2 is 1.36 bits per heavy atom. The third-order valence-electron chi connectivity index (χ3n) is 3.69. The first-order valence-electron chi connectivity index (χ1n) is 5.85. The van der Waals surface area contributed by atoms with Crippen LogP contribution in [0.25, 0.3) is 0 Å². The fraction of sp³-hybridized carbons (Fsp3) is 1.00. The summed E-state index contributed by atoms with van der Waals surface area (Å²) in [5.74, 6) is 0. The molecule has 0 amide bonds. The van der Waals surface area contributed by atoms with E-state index in [9.17, 15) is 0 Å². The molecule has 1 aliphatic rings. The van der Waals surface area contributed by atoms with Crippen LogP contribution in [0.2, 0.25) is 0 Å². The third kappa shape index (κ3) is 1.84. The summed E-state index contributed by atoms with van der Waals surface area (Å²) in [7, 11) is 0. The standard InChI is InChI=1S/C13H26O/c1-11(2,3)13(12(4,5)6)9-7-8-10-14-13/h7-10H2,1-6H3. The Labute approximate surface area is 89.2 Å². The van der Waals surface area contributed by atoms with Crippen LogP contribution in [0.1, 0.15) is 60.8 Å². The molecule has 84 valence electrons. The van der Waals surface area contributed by atoms with Crippen molar-refractivity contribution in [3.63, 3.8) is 0 Å². The fourth-order valence-corrected chi connectivity index (χ4v) is 3.10. The first-order valence-corrected chi connectivity index (χ1v) is 5.85. The maximum absolute atomic E-state index is 6.19. The van der Waals surface area contributed by atoms with Crippen molar-refractivity contribution in [1.82, 2.24) is 0 Å². The van der Waals surface area contributed by atoms with Crippen LogP contribution >= 0.6 is 0 Å². The van der Waals surface area contributed by atoms with Crippen molar-refractivity contribution in [3.8, 4) is 0 Å². The minimum atomic E-state index is 0.0538. The van der Waals surface area contributed by atoms with Gasteiger partial charge in [-0.25, -0.2) is 0 Å². The molecule has 0 N–H and O–H groups in total. The van der Waals surface area contributed by atoms with E-state index in [1.165, 1.54) is 19.3 Å². The Hall–Kier alpha value is -0.0400. The van der Waals surface area contributed by atoms with Crippen LogP contribution in [0.15, 0.2) is 0 Å². The zero-order valence-corrected chi connectivity index (χ0v) is 10.7. The summed E-state index contributed by atoms with van der Waals surface area (Å²) in [5.41, 5.74) is 0.510. The highest BCUT2D eigenvalue weighted by atomic mass is 16.5. The van der Waals surface area contributed by atoms with Gasteiger partial charge in [0.1, 0.15) is 0 Å². The van der Waals surface area contributed by atoms with E-state index in [0.717, 1.165) is 6.61 Å². The summed E-state index contributed by atoms with van der Waals surface area (Å²) in [4.78, 5) is 0. The van der Waals surface area contributed by atoms with Gasteiger partial charge in [0.2, 0.25) is 0 Å². The molecule has 0 unspecified atom stereocenters. The Morgan fingerprint density at radius 3 is 1.57 bits per heavy atom. The Balaban J connectivity index is 3.01. The van der Waals surface area contributed by atoms with Crippen molar-refractivity contribution < 1.29 is 4.74 Å². The molecule has 0 atom stereocenters. The van der Waals surface area contributed by atoms with Crippen LogP contribution in [-0.2, 0) is 4.74 Å². The molecule has 1 saturated heterocycles. The summed E-state index contributed by atoms with van der Waals surface area (Å²) in [6.45, 7) is 14.8. The van der Waals surface area contributed by atoms with Crippen LogP contribution in [0.4, 0.5) is 0 Å². The molecular formula is C13H26O. The topological polar surface area (TPSA) is 9.23 Å². The maximum Gasteiger partial charge on any atom is 0.0778 e. The molecule has 0 bridgehead atoms. The van der Waals surface area contributed by atoms with E-state index < -0.39 is 0 Å². The molecule has 0 aromatic heterocycles. The van der Waals surface area contributed by atoms with Crippen LogP contribution in [0.3, 0.4) is 0 Å². The smallest absolute Gasteiger partial charge is 0.0778 e. The SMILES string of the molecule is CC(C)(C)C1(C(C)(C)C)CCCCO1. The number of ether oxygens (including phenoxy) is 1. The zero-order valence-electron chi connectivity index (χ0n) is 10.7. The van der Waals surface area contributed by atoms with Gasteiger partial charge in [0.05, 0.1) is 5.60 Å². The molecule has 0 aliphatic carbocycles. The van der Waals surface area contributed by atoms with Crippen LogP contribution < -0.4 is 0 Å². The highest BCUT2D eigenvalue weighted by Crippen LogP contribution is 2.51. The molecule has 0 aromatic carbocycles. The Morgan fingerprint density at radius 1 is 0.857 bits per heavy atom. The maximum atomic E-state index is 6.19. The molecule has 0 spiro atoms. The summed E-state index contributed by atoms with van der Waals surface area (Å²) in [6.07, 6.45) is 3.75. The fourth-order valence-electron chi connectivity index (χ4n) is 3.10. The largest absolute Gasteiger partial charge is 0.374 e. The number of hydrogen-bond acceptors (Lipinski definition) is 1. The van der Waals surface area contributed by atoms with Crippen LogP contribution in [-0.4, -0.2) is 12.2 Å². The highest BCUT2D eigenvalue weighted by molar-refractivity contribution is 5.02. The van der Waals surface area contributed by atoms with E-state index in [1.54, 1.807) is 0 Å². The van der Waals surface area contributed by atoms with Crippen molar-refractivity contribution in [2.45, 2.75) is 66.4 Å². The molecule has 0 radical (unpaired) electrons. The van der Waals surface area contributed by atoms with E-state index in [2.05, 4.69) is 41.5 Å². The molecule has 1 aliphatic heterocycles. The van der Waals surface area contributed by atoms with Crippen molar-refractivity contribution in [2.24, 2.45) is 10.8 Å². The Bertz CT molecular complexity index is 170. The van der Waals surface area contributed by atoms with Gasteiger partial charge in [-0.1, -0.05) is 41.5 Å². The van der Waals surface area contributed by atoms with Crippen LogP contribution in [0, 0.1) is 10.8 Å². The lowest BCUT2D eigenvalue weighted by molar-refractivity contribution is -0.202. The summed E-state index contributed by atoms with van der Waals surface area (Å²) < 4.78 is 6.19. The third-order valence-corrected chi connectivity index (χ3v) is 3.69. The second-order valence-electron chi connectivity index (χ2n) is 6.63. The lowest BCUT2D eigenvalue weighted by Gasteiger charge is -2.55. The molecule has 1 heteroatoms. The summed E-state index contributed by atoms with van der Waals surface area (Å²) in [6, 6.07) is 0. The molecule has 1 nitrogen and oxygen atoms in total. The minimum Gasteiger partial charge on any atom is -0.374 e. The predicted molar refractivity (Wildman–Crippen MR) is 61.4 cm³/mol. The van der Waals surface area contributed by atoms with Crippen molar-refractivity contribution in [3.05, 3.63) is 0 Å². The summed E-state index contributed by atoms with van der Waals surface area (Å²) >= 11 is 0. The average molecular weight is 198 g/mol. The molecule has 1 fully saturated rings. The Kier molecular flexibility index (Phi) is 3.02. The van der Waals surface area contributed by atoms with Gasteiger partial charge in [0.15, 0.2) is 0 Å². The van der Waals surface area contributed by atoms with Gasteiger partial charge in [-0.2, -0.15) is 0 Å². The molecule has 1 heterocycles. The number of rotatable bonds is 0. The van der Waals surface area contributed by atoms with Gasteiger partial charge in [-0.3, -0.25) is 0 Å². The molecule has 1 rings (SSSR count). The second kappa shape index (κ2) is 3.52. The molecular weight excluding hydrogens is 172 g/mol. The van der Waals surface area contributed by atoms with Gasteiger partial charge < -0.3 is 4.74 Å². The lowest BCUT2D eigenvalue weighted by atomic mass is 9.60. The molecule has 0 aromatic rings. The quantitative estimate of drug-likeness (QED) is 0.571. The van der Waals surface area contributed by atoms with E-state index in [1.807, 2.05) is 0 Å². The van der Waals surface area contributed by atoms with Gasteiger partial charge in [-0.15, -0.1) is 0 Å². The second-order valence-corrected chi connectivity index (χ2v) is 6.63. The van der Waals surface area contributed by atoms with E-state index in [-0.39, 0.29) is 16.4 Å². The van der Waals surface area contributed by atoms with Crippen LogP contribution in [0.5, 0.6) is 0 Å². The van der Waals surface area contributed by atoms with Crippen molar-refractivity contribution in [1.29, 1.82) is 0 Å². The number of hydrogen-bond donors (Lipinski definition) is 0. The monoisotopic (exact) mass is 198 g/mol. The first-order chi connectivity index (χ1) is 6.21. The van der Waals surface area contributed by atoms with Gasteiger partial charge in [0, 0.05) is 6.61 Å². The molecule has 14 heavy (non-hydrogen) atoms. The normalized spacial score (nSPS) is 23.6. The van der Waals surface area contributed by atoms with E-state index in [0.29, 0.717) is 0 Å².